The van der Waals surface area contributed by atoms with E-state index in [9.17, 15) is 32.6 Å². The Hall–Kier alpha value is -2.65. The minimum absolute atomic E-state index is 0.0502. The summed E-state index contributed by atoms with van der Waals surface area (Å²) in [6.45, 7) is -0.0390. The van der Waals surface area contributed by atoms with Crippen LogP contribution in [0.25, 0.3) is 0 Å². The summed E-state index contributed by atoms with van der Waals surface area (Å²) in [4.78, 5) is 11.6. The molecule has 0 aliphatic heterocycles. The Labute approximate surface area is 158 Å². The van der Waals surface area contributed by atoms with Crippen LogP contribution in [0.1, 0.15) is 29.2 Å². The van der Waals surface area contributed by atoms with Gasteiger partial charge in [-0.3, -0.25) is 0 Å². The van der Waals surface area contributed by atoms with Crippen LogP contribution in [-0.2, 0) is 17.5 Å². The van der Waals surface area contributed by atoms with Gasteiger partial charge in [0, 0.05) is 12.1 Å². The first-order valence-corrected chi connectivity index (χ1v) is 8.36. The Kier molecular flexibility index (Phi) is 7.36. The molecular formula is C19H19F4NO4. The molecule has 28 heavy (non-hydrogen) atoms. The second-order valence-corrected chi connectivity index (χ2v) is 6.02. The van der Waals surface area contributed by atoms with Crippen LogP contribution >= 0.6 is 0 Å². The highest BCUT2D eigenvalue weighted by molar-refractivity contribution is 5.67. The Bertz CT molecular complexity index is 783. The second-order valence-electron chi connectivity index (χ2n) is 6.02. The first-order valence-electron chi connectivity index (χ1n) is 8.36. The molecule has 2 unspecified atom stereocenters. The predicted molar refractivity (Wildman–Crippen MR) is 91.6 cm³/mol. The summed E-state index contributed by atoms with van der Waals surface area (Å²) in [6, 6.07) is 10.6. The topological polar surface area (TPSA) is 78.8 Å². The molecule has 0 radical (unpaired) electrons. The molecule has 0 bridgehead atoms. The number of nitrogens with one attached hydrogen (secondary N) is 1. The van der Waals surface area contributed by atoms with Crippen molar-refractivity contribution in [1.29, 1.82) is 0 Å². The predicted octanol–water partition coefficient (Wildman–Crippen LogP) is 3.56. The lowest BCUT2D eigenvalue weighted by Crippen LogP contribution is -2.30. The molecule has 2 atom stereocenters. The lowest BCUT2D eigenvalue weighted by molar-refractivity contribution is -0.137. The third-order valence-corrected chi connectivity index (χ3v) is 3.93. The summed E-state index contributed by atoms with van der Waals surface area (Å²) >= 11 is 0. The average Bonchev–Trinajstić information content (AvgIpc) is 2.65. The molecule has 2 aromatic carbocycles. The summed E-state index contributed by atoms with van der Waals surface area (Å²) in [6.07, 6.45) is -8.87. The number of aliphatic hydroxyl groups excluding tert-OH is 2. The van der Waals surface area contributed by atoms with Gasteiger partial charge >= 0.3 is 12.3 Å². The average molecular weight is 401 g/mol. The van der Waals surface area contributed by atoms with E-state index < -0.39 is 41.4 Å². The monoisotopic (exact) mass is 401 g/mol. The first kappa shape index (κ1) is 21.6. The Balaban J connectivity index is 1.80. The van der Waals surface area contributed by atoms with Crippen LogP contribution in [0.15, 0.2) is 48.5 Å². The van der Waals surface area contributed by atoms with Crippen molar-refractivity contribution in [3.8, 4) is 0 Å². The third kappa shape index (κ3) is 6.21. The molecule has 0 saturated carbocycles. The van der Waals surface area contributed by atoms with E-state index in [1.54, 1.807) is 24.3 Å². The number of hydrogen-bond donors (Lipinski definition) is 3. The molecule has 0 fully saturated rings. The van der Waals surface area contributed by atoms with Gasteiger partial charge in [0.05, 0.1) is 11.7 Å². The number of rotatable bonds is 7. The third-order valence-electron chi connectivity index (χ3n) is 3.93. The summed E-state index contributed by atoms with van der Waals surface area (Å²) < 4.78 is 56.4. The minimum atomic E-state index is -4.72. The van der Waals surface area contributed by atoms with Crippen LogP contribution in [-0.4, -0.2) is 29.0 Å². The number of alkyl carbamates (subject to hydrolysis) is 1. The molecular weight excluding hydrogens is 382 g/mol. The highest BCUT2D eigenvalue weighted by Crippen LogP contribution is 2.32. The quantitative estimate of drug-likeness (QED) is 0.620. The zero-order valence-corrected chi connectivity index (χ0v) is 14.6. The number of halogens is 4. The van der Waals surface area contributed by atoms with Gasteiger partial charge in [-0.05, 0) is 24.1 Å². The van der Waals surface area contributed by atoms with Gasteiger partial charge in [-0.2, -0.15) is 13.2 Å². The van der Waals surface area contributed by atoms with Crippen LogP contribution < -0.4 is 5.32 Å². The summed E-state index contributed by atoms with van der Waals surface area (Å²) in [5, 5.41) is 22.2. The van der Waals surface area contributed by atoms with Crippen LogP contribution in [0.5, 0.6) is 0 Å². The van der Waals surface area contributed by atoms with Crippen molar-refractivity contribution in [2.45, 2.75) is 31.4 Å². The molecule has 9 heteroatoms. The van der Waals surface area contributed by atoms with Crippen molar-refractivity contribution in [2.75, 3.05) is 6.54 Å². The van der Waals surface area contributed by atoms with E-state index in [0.717, 1.165) is 11.6 Å². The normalized spacial score (nSPS) is 13.6. The summed E-state index contributed by atoms with van der Waals surface area (Å²) in [7, 11) is 0. The van der Waals surface area contributed by atoms with Gasteiger partial charge in [0.2, 0.25) is 0 Å². The number of ether oxygens (including phenoxy) is 1. The first-order chi connectivity index (χ1) is 13.2. The van der Waals surface area contributed by atoms with Crippen LogP contribution in [0.2, 0.25) is 0 Å². The fraction of sp³-hybridized carbons (Fsp3) is 0.316. The maximum absolute atomic E-state index is 13.8. The Morgan fingerprint density at radius 1 is 1.11 bits per heavy atom. The van der Waals surface area contributed by atoms with Gasteiger partial charge in [-0.15, -0.1) is 0 Å². The lowest BCUT2D eigenvalue weighted by atomic mass is 10.00. The van der Waals surface area contributed by atoms with E-state index in [1.165, 1.54) is 0 Å². The number of carbonyl (C=O) groups is 1. The number of aliphatic hydroxyl groups is 2. The van der Waals surface area contributed by atoms with Crippen molar-refractivity contribution >= 4 is 6.09 Å². The lowest BCUT2D eigenvalue weighted by Gasteiger charge is -2.19. The van der Waals surface area contributed by atoms with E-state index in [-0.39, 0.29) is 25.6 Å². The van der Waals surface area contributed by atoms with Gasteiger partial charge in [0.25, 0.3) is 0 Å². The molecule has 5 nitrogen and oxygen atoms in total. The van der Waals surface area contributed by atoms with Gasteiger partial charge in [0.1, 0.15) is 18.5 Å². The molecule has 0 aliphatic carbocycles. The van der Waals surface area contributed by atoms with Crippen LogP contribution in [0.4, 0.5) is 22.4 Å². The molecule has 0 saturated heterocycles. The van der Waals surface area contributed by atoms with Crippen molar-refractivity contribution in [1.82, 2.24) is 5.32 Å². The van der Waals surface area contributed by atoms with E-state index in [1.807, 2.05) is 6.07 Å². The van der Waals surface area contributed by atoms with Gasteiger partial charge in [0.15, 0.2) is 0 Å². The molecule has 0 spiro atoms. The van der Waals surface area contributed by atoms with E-state index in [4.69, 9.17) is 4.74 Å². The van der Waals surface area contributed by atoms with Crippen LogP contribution in [0, 0.1) is 5.82 Å². The smallest absolute Gasteiger partial charge is 0.416 e. The van der Waals surface area contributed by atoms with Crippen molar-refractivity contribution in [3.05, 3.63) is 71.0 Å². The molecule has 3 N–H and O–H groups in total. The molecule has 2 rings (SSSR count). The number of alkyl halides is 3. The van der Waals surface area contributed by atoms with E-state index in [0.29, 0.717) is 6.07 Å². The number of amides is 1. The van der Waals surface area contributed by atoms with E-state index in [2.05, 4.69) is 5.32 Å². The van der Waals surface area contributed by atoms with Crippen molar-refractivity contribution in [3.63, 3.8) is 0 Å². The number of hydrogen-bond acceptors (Lipinski definition) is 4. The standard InChI is InChI=1S/C19H19F4NO4/c20-15-10-13(19(21,22)23)6-7-14(15)17(26)16(25)8-9-24-18(27)28-11-12-4-2-1-3-5-12/h1-7,10,16-17,25-26H,8-9,11H2,(H,24,27). The zero-order chi connectivity index (χ0) is 20.7. The number of benzene rings is 2. The van der Waals surface area contributed by atoms with Crippen molar-refractivity contribution < 1.29 is 37.3 Å². The molecule has 152 valence electrons. The van der Waals surface area contributed by atoms with Crippen molar-refractivity contribution in [2.24, 2.45) is 0 Å². The summed E-state index contributed by atoms with van der Waals surface area (Å²) in [5.41, 5.74) is -0.878. The van der Waals surface area contributed by atoms with Gasteiger partial charge in [-0.1, -0.05) is 36.4 Å². The van der Waals surface area contributed by atoms with E-state index >= 15 is 0 Å². The van der Waals surface area contributed by atoms with Crippen LogP contribution in [0.3, 0.4) is 0 Å². The molecule has 0 aliphatic rings. The summed E-state index contributed by atoms with van der Waals surface area (Å²) in [5.74, 6) is -1.28. The fourth-order valence-corrected chi connectivity index (χ4v) is 2.40. The highest BCUT2D eigenvalue weighted by atomic mass is 19.4. The van der Waals surface area contributed by atoms with Gasteiger partial charge < -0.3 is 20.3 Å². The fourth-order valence-electron chi connectivity index (χ4n) is 2.40. The Morgan fingerprint density at radius 2 is 1.79 bits per heavy atom. The highest BCUT2D eigenvalue weighted by Gasteiger charge is 2.32. The Morgan fingerprint density at radius 3 is 2.39 bits per heavy atom. The molecule has 2 aromatic rings. The maximum atomic E-state index is 13.8. The SMILES string of the molecule is O=C(NCCC(O)C(O)c1ccc(C(F)(F)F)cc1F)OCc1ccccc1. The van der Waals surface area contributed by atoms with Gasteiger partial charge in [-0.25, -0.2) is 9.18 Å². The largest absolute Gasteiger partial charge is 0.445 e. The maximum Gasteiger partial charge on any atom is 0.416 e. The molecule has 1 amide bonds. The second kappa shape index (κ2) is 9.52. The molecule has 0 aromatic heterocycles. The zero-order valence-electron chi connectivity index (χ0n) is 14.6. The number of carbonyl (C=O) groups excluding carboxylic acids is 1. The minimum Gasteiger partial charge on any atom is -0.445 e. The molecule has 0 heterocycles.